The monoisotopic (exact) mass is 310 g/mol. The van der Waals surface area contributed by atoms with E-state index >= 15 is 0 Å². The minimum absolute atomic E-state index is 0.507. The van der Waals surface area contributed by atoms with E-state index in [0.717, 1.165) is 11.8 Å². The molecule has 0 amide bonds. The van der Waals surface area contributed by atoms with E-state index in [2.05, 4.69) is 55.6 Å². The molecule has 0 aromatic carbocycles. The molecule has 1 saturated heterocycles. The Balaban J connectivity index is 2.80. The molecule has 0 N–H and O–H groups in total. The summed E-state index contributed by atoms with van der Waals surface area (Å²) in [5, 5.41) is 0. The summed E-state index contributed by atoms with van der Waals surface area (Å²) in [5.74, 6) is 1.81. The van der Waals surface area contributed by atoms with E-state index in [4.69, 9.17) is 0 Å². The van der Waals surface area contributed by atoms with Gasteiger partial charge in [-0.15, -0.1) is 0 Å². The second-order valence-corrected chi connectivity index (χ2v) is 10.2. The van der Waals surface area contributed by atoms with E-state index in [-0.39, 0.29) is 0 Å². The number of hydrogen-bond acceptors (Lipinski definition) is 0. The highest BCUT2D eigenvalue weighted by molar-refractivity contribution is 4.89. The summed E-state index contributed by atoms with van der Waals surface area (Å²) in [6, 6.07) is 0. The Morgan fingerprint density at radius 2 is 1.41 bits per heavy atom. The van der Waals surface area contributed by atoms with Crippen molar-refractivity contribution in [3.05, 3.63) is 0 Å². The largest absolute Gasteiger partial charge is 0.328 e. The highest BCUT2D eigenvalue weighted by Gasteiger charge is 2.48. The molecule has 1 aliphatic rings. The van der Waals surface area contributed by atoms with Gasteiger partial charge in [0.2, 0.25) is 0 Å². The average Bonchev–Trinajstić information content (AvgIpc) is 2.69. The van der Waals surface area contributed by atoms with Gasteiger partial charge >= 0.3 is 0 Å². The lowest BCUT2D eigenvalue weighted by Crippen LogP contribution is -2.38. The standard InChI is InChI=1S/C21H44N/c1-9-11-13-20(3,4)15-18-16-22(7,8)17-19(18)21(5,6)14-12-10-2/h18-19H,9-17H2,1-8H3/q+1. The van der Waals surface area contributed by atoms with E-state index in [0.29, 0.717) is 10.8 Å². The molecule has 0 aromatic heterocycles. The fourth-order valence-corrected chi connectivity index (χ4v) is 4.90. The summed E-state index contributed by atoms with van der Waals surface area (Å²) >= 11 is 0. The van der Waals surface area contributed by atoms with E-state index in [1.807, 2.05) is 0 Å². The van der Waals surface area contributed by atoms with Crippen LogP contribution in [0.2, 0.25) is 0 Å². The van der Waals surface area contributed by atoms with E-state index < -0.39 is 0 Å². The first-order valence-electron chi connectivity index (χ1n) is 9.85. The molecule has 0 bridgehead atoms. The lowest BCUT2D eigenvalue weighted by Gasteiger charge is -2.37. The van der Waals surface area contributed by atoms with E-state index in [1.165, 1.54) is 62.5 Å². The number of quaternary nitrogens is 1. The van der Waals surface area contributed by atoms with Crippen LogP contribution in [0.4, 0.5) is 0 Å². The summed E-state index contributed by atoms with van der Waals surface area (Å²) in [4.78, 5) is 0. The number of likely N-dealkylation sites (tertiary alicyclic amines) is 1. The number of hydrogen-bond donors (Lipinski definition) is 0. The number of nitrogens with zero attached hydrogens (tertiary/aromatic N) is 1. The van der Waals surface area contributed by atoms with Crippen LogP contribution in [-0.4, -0.2) is 31.7 Å². The Morgan fingerprint density at radius 1 is 0.864 bits per heavy atom. The van der Waals surface area contributed by atoms with Crippen molar-refractivity contribution in [3.8, 4) is 0 Å². The van der Waals surface area contributed by atoms with Crippen LogP contribution in [0, 0.1) is 22.7 Å². The van der Waals surface area contributed by atoms with Crippen molar-refractivity contribution < 1.29 is 4.48 Å². The molecule has 0 radical (unpaired) electrons. The van der Waals surface area contributed by atoms with Crippen molar-refractivity contribution in [2.24, 2.45) is 22.7 Å². The second kappa shape index (κ2) is 7.69. The van der Waals surface area contributed by atoms with Crippen LogP contribution in [0.1, 0.15) is 86.5 Å². The summed E-state index contributed by atoms with van der Waals surface area (Å²) in [6.07, 6.45) is 9.68. The molecule has 2 atom stereocenters. The lowest BCUT2D eigenvalue weighted by molar-refractivity contribution is -0.881. The van der Waals surface area contributed by atoms with Gasteiger partial charge in [0.05, 0.1) is 27.2 Å². The molecule has 22 heavy (non-hydrogen) atoms. The number of unbranched alkanes of at least 4 members (excludes halogenated alkanes) is 2. The van der Waals surface area contributed by atoms with Crippen molar-refractivity contribution in [2.75, 3.05) is 27.2 Å². The van der Waals surface area contributed by atoms with Gasteiger partial charge in [-0.05, 0) is 30.1 Å². The Kier molecular flexibility index (Phi) is 6.99. The van der Waals surface area contributed by atoms with Gasteiger partial charge in [0.1, 0.15) is 0 Å². The average molecular weight is 311 g/mol. The van der Waals surface area contributed by atoms with Crippen LogP contribution < -0.4 is 0 Å². The Hall–Kier alpha value is -0.0400. The van der Waals surface area contributed by atoms with Gasteiger partial charge in [0, 0.05) is 11.8 Å². The predicted octanol–water partition coefficient (Wildman–Crippen LogP) is 6.13. The van der Waals surface area contributed by atoms with Gasteiger partial charge in [0.15, 0.2) is 0 Å². The molecule has 0 spiro atoms. The third-order valence-electron chi connectivity index (χ3n) is 6.19. The summed E-state index contributed by atoms with van der Waals surface area (Å²) < 4.78 is 1.23. The van der Waals surface area contributed by atoms with Gasteiger partial charge in [0.25, 0.3) is 0 Å². The maximum Gasteiger partial charge on any atom is 0.0821 e. The third-order valence-corrected chi connectivity index (χ3v) is 6.19. The Bertz CT molecular complexity index is 327. The first kappa shape index (κ1) is 20.0. The Morgan fingerprint density at radius 3 is 1.95 bits per heavy atom. The molecule has 1 aliphatic heterocycles. The molecule has 1 heterocycles. The maximum absolute atomic E-state index is 2.55. The molecule has 0 saturated carbocycles. The Labute approximate surface area is 141 Å². The first-order chi connectivity index (χ1) is 10.0. The molecular formula is C21H44N+. The van der Waals surface area contributed by atoms with Gasteiger partial charge < -0.3 is 4.48 Å². The molecule has 1 fully saturated rings. The van der Waals surface area contributed by atoms with E-state index in [1.54, 1.807) is 0 Å². The van der Waals surface area contributed by atoms with Crippen LogP contribution in [0.25, 0.3) is 0 Å². The molecule has 132 valence electrons. The van der Waals surface area contributed by atoms with Gasteiger partial charge in [-0.3, -0.25) is 0 Å². The highest BCUT2D eigenvalue weighted by atomic mass is 15.3. The smallest absolute Gasteiger partial charge is 0.0821 e. The van der Waals surface area contributed by atoms with Crippen LogP contribution in [-0.2, 0) is 0 Å². The first-order valence-corrected chi connectivity index (χ1v) is 9.85. The number of rotatable bonds is 9. The minimum Gasteiger partial charge on any atom is -0.328 e. The van der Waals surface area contributed by atoms with Crippen molar-refractivity contribution in [1.82, 2.24) is 0 Å². The van der Waals surface area contributed by atoms with Gasteiger partial charge in [-0.25, -0.2) is 0 Å². The van der Waals surface area contributed by atoms with Gasteiger partial charge in [-0.1, -0.05) is 67.2 Å². The fraction of sp³-hybridized carbons (Fsp3) is 1.00. The van der Waals surface area contributed by atoms with Crippen LogP contribution in [0.15, 0.2) is 0 Å². The zero-order chi connectivity index (χ0) is 17.0. The SMILES string of the molecule is CCCCC(C)(C)CC1C[N+](C)(C)CC1C(C)(C)CCCC. The highest BCUT2D eigenvalue weighted by Crippen LogP contribution is 2.47. The zero-order valence-corrected chi connectivity index (χ0v) is 17.0. The van der Waals surface area contributed by atoms with Crippen molar-refractivity contribution in [2.45, 2.75) is 86.5 Å². The second-order valence-electron chi connectivity index (χ2n) is 10.2. The summed E-state index contributed by atoms with van der Waals surface area (Å²) in [6.45, 7) is 17.5. The van der Waals surface area contributed by atoms with Crippen molar-refractivity contribution in [1.29, 1.82) is 0 Å². The maximum atomic E-state index is 2.55. The third kappa shape index (κ3) is 5.87. The molecule has 1 rings (SSSR count). The zero-order valence-electron chi connectivity index (χ0n) is 17.0. The minimum atomic E-state index is 0.507. The van der Waals surface area contributed by atoms with Crippen LogP contribution in [0.3, 0.4) is 0 Å². The molecule has 0 aromatic rings. The van der Waals surface area contributed by atoms with Gasteiger partial charge in [-0.2, -0.15) is 0 Å². The molecule has 0 aliphatic carbocycles. The van der Waals surface area contributed by atoms with Crippen molar-refractivity contribution in [3.63, 3.8) is 0 Å². The van der Waals surface area contributed by atoms with Crippen molar-refractivity contribution >= 4 is 0 Å². The van der Waals surface area contributed by atoms with E-state index in [9.17, 15) is 0 Å². The molecule has 1 heteroatoms. The molecule has 1 nitrogen and oxygen atoms in total. The fourth-order valence-electron chi connectivity index (χ4n) is 4.90. The normalized spacial score (nSPS) is 25.6. The molecular weight excluding hydrogens is 266 g/mol. The van der Waals surface area contributed by atoms with Crippen LogP contribution in [0.5, 0.6) is 0 Å². The summed E-state index contributed by atoms with van der Waals surface area (Å²) in [5.41, 5.74) is 1.03. The predicted molar refractivity (Wildman–Crippen MR) is 100 cm³/mol. The topological polar surface area (TPSA) is 0 Å². The summed E-state index contributed by atoms with van der Waals surface area (Å²) in [7, 11) is 4.89. The lowest BCUT2D eigenvalue weighted by atomic mass is 9.66. The quantitative estimate of drug-likeness (QED) is 0.449. The van der Waals surface area contributed by atoms with Crippen LogP contribution >= 0.6 is 0 Å². The molecule has 2 unspecified atom stereocenters.